The molecule has 2 rings (SSSR count). The maximum atomic E-state index is 12.1. The van der Waals surface area contributed by atoms with Gasteiger partial charge in [0.05, 0.1) is 10.5 Å². The molecule has 2 aromatic rings. The predicted octanol–water partition coefficient (Wildman–Crippen LogP) is 3.99. The van der Waals surface area contributed by atoms with E-state index in [2.05, 4.69) is 10.1 Å². The molecule has 1 atom stereocenters. The van der Waals surface area contributed by atoms with E-state index in [0.717, 1.165) is 18.2 Å². The number of nitro benzene ring substituents is 1. The highest BCUT2D eigenvalue weighted by molar-refractivity contribution is 5.97. The zero-order chi connectivity index (χ0) is 21.8. The second kappa shape index (κ2) is 8.59. The average Bonchev–Trinajstić information content (AvgIpc) is 2.61. The van der Waals surface area contributed by atoms with Gasteiger partial charge in [-0.25, -0.2) is 4.79 Å². The first-order chi connectivity index (χ1) is 13.5. The molecule has 8 nitrogen and oxygen atoms in total. The maximum absolute atomic E-state index is 12.1. The van der Waals surface area contributed by atoms with Crippen molar-refractivity contribution >= 4 is 23.3 Å². The molecule has 0 heterocycles. The van der Waals surface area contributed by atoms with Gasteiger partial charge in [-0.05, 0) is 50.2 Å². The summed E-state index contributed by atoms with van der Waals surface area (Å²) in [5, 5.41) is 13.2. The van der Waals surface area contributed by atoms with E-state index < -0.39 is 35.0 Å². The number of nitrogens with zero attached hydrogens (tertiary/aromatic N) is 1. The van der Waals surface area contributed by atoms with Gasteiger partial charge in [-0.1, -0.05) is 0 Å². The molecule has 0 bridgehead atoms. The fourth-order valence-electron chi connectivity index (χ4n) is 2.25. The molecule has 0 aromatic heterocycles. The van der Waals surface area contributed by atoms with Crippen LogP contribution in [0.4, 0.5) is 24.5 Å². The molecule has 11 heteroatoms. The van der Waals surface area contributed by atoms with Crippen LogP contribution >= 0.6 is 0 Å². The van der Waals surface area contributed by atoms with Crippen molar-refractivity contribution in [2.75, 3.05) is 5.32 Å². The van der Waals surface area contributed by atoms with Crippen LogP contribution in [0.25, 0.3) is 0 Å². The molecule has 1 amide bonds. The summed E-state index contributed by atoms with van der Waals surface area (Å²) in [6.07, 6.45) is -6.06. The first-order valence-corrected chi connectivity index (χ1v) is 8.09. The van der Waals surface area contributed by atoms with E-state index in [1.165, 1.54) is 38.1 Å². The minimum Gasteiger partial charge on any atom is -0.449 e. The van der Waals surface area contributed by atoms with E-state index in [1.807, 2.05) is 0 Å². The van der Waals surface area contributed by atoms with E-state index in [1.54, 1.807) is 0 Å². The number of anilines is 1. The summed E-state index contributed by atoms with van der Waals surface area (Å²) in [5.41, 5.74) is 0.285. The Morgan fingerprint density at radius 1 is 1.14 bits per heavy atom. The van der Waals surface area contributed by atoms with Crippen molar-refractivity contribution in [3.63, 3.8) is 0 Å². The lowest BCUT2D eigenvalue weighted by molar-refractivity contribution is -0.385. The number of nitrogens with one attached hydrogen (secondary N) is 1. The van der Waals surface area contributed by atoms with Crippen molar-refractivity contribution in [3.8, 4) is 5.75 Å². The van der Waals surface area contributed by atoms with Crippen molar-refractivity contribution in [1.29, 1.82) is 0 Å². The summed E-state index contributed by atoms with van der Waals surface area (Å²) in [6, 6.07) is 8.03. The van der Waals surface area contributed by atoms with Crippen LogP contribution < -0.4 is 10.1 Å². The number of alkyl halides is 3. The third kappa shape index (κ3) is 6.19. The molecule has 2 aromatic carbocycles. The molecular formula is C18H15F3N2O6. The SMILES string of the molecule is Cc1cc(C(=O)OC(C)C(=O)Nc2ccc(OC(F)(F)F)cc2)ccc1[N+](=O)[O-]. The molecular weight excluding hydrogens is 397 g/mol. The smallest absolute Gasteiger partial charge is 0.449 e. The largest absolute Gasteiger partial charge is 0.573 e. The number of carbonyl (C=O) groups excluding carboxylic acids is 2. The Morgan fingerprint density at radius 2 is 1.76 bits per heavy atom. The molecule has 0 aliphatic carbocycles. The van der Waals surface area contributed by atoms with Crippen molar-refractivity contribution in [3.05, 3.63) is 63.7 Å². The second-order valence-corrected chi connectivity index (χ2v) is 5.87. The number of ether oxygens (including phenoxy) is 2. The van der Waals surface area contributed by atoms with Crippen LogP contribution in [-0.4, -0.2) is 29.3 Å². The number of halogens is 3. The quantitative estimate of drug-likeness (QED) is 0.437. The van der Waals surface area contributed by atoms with Gasteiger partial charge < -0.3 is 14.8 Å². The third-order valence-corrected chi connectivity index (χ3v) is 3.64. The highest BCUT2D eigenvalue weighted by Crippen LogP contribution is 2.24. The lowest BCUT2D eigenvalue weighted by atomic mass is 10.1. The lowest BCUT2D eigenvalue weighted by Crippen LogP contribution is -2.30. The van der Waals surface area contributed by atoms with Crippen LogP contribution in [0.2, 0.25) is 0 Å². The van der Waals surface area contributed by atoms with Gasteiger partial charge in [0.25, 0.3) is 11.6 Å². The van der Waals surface area contributed by atoms with Gasteiger partial charge in [-0.3, -0.25) is 14.9 Å². The Hall–Kier alpha value is -3.63. The topological polar surface area (TPSA) is 108 Å². The summed E-state index contributed by atoms with van der Waals surface area (Å²) in [7, 11) is 0. The van der Waals surface area contributed by atoms with Gasteiger partial charge >= 0.3 is 12.3 Å². The molecule has 0 fully saturated rings. The molecule has 1 N–H and O–H groups in total. The number of benzene rings is 2. The fourth-order valence-corrected chi connectivity index (χ4v) is 2.25. The molecule has 1 unspecified atom stereocenters. The fraction of sp³-hybridized carbons (Fsp3) is 0.222. The van der Waals surface area contributed by atoms with Crippen LogP contribution in [0.15, 0.2) is 42.5 Å². The van der Waals surface area contributed by atoms with E-state index in [4.69, 9.17) is 4.74 Å². The van der Waals surface area contributed by atoms with Gasteiger partial charge in [-0.2, -0.15) is 0 Å². The predicted molar refractivity (Wildman–Crippen MR) is 94.5 cm³/mol. The molecule has 0 aliphatic heterocycles. The molecule has 0 saturated carbocycles. The van der Waals surface area contributed by atoms with Crippen LogP contribution in [0.5, 0.6) is 5.75 Å². The van der Waals surface area contributed by atoms with Gasteiger partial charge in [0.2, 0.25) is 0 Å². The average molecular weight is 412 g/mol. The van der Waals surface area contributed by atoms with E-state index in [-0.39, 0.29) is 22.5 Å². The summed E-state index contributed by atoms with van der Waals surface area (Å²) >= 11 is 0. The minimum absolute atomic E-state index is 0.0291. The Morgan fingerprint density at radius 3 is 2.28 bits per heavy atom. The van der Waals surface area contributed by atoms with Crippen molar-refractivity contribution in [1.82, 2.24) is 0 Å². The van der Waals surface area contributed by atoms with E-state index in [0.29, 0.717) is 0 Å². The van der Waals surface area contributed by atoms with Gasteiger partial charge in [0.1, 0.15) is 5.75 Å². The summed E-state index contributed by atoms with van der Waals surface area (Å²) in [6.45, 7) is 2.75. The molecule has 154 valence electrons. The molecule has 0 radical (unpaired) electrons. The van der Waals surface area contributed by atoms with E-state index >= 15 is 0 Å². The number of hydrogen-bond donors (Lipinski definition) is 1. The number of nitro groups is 1. The standard InChI is InChI=1S/C18H15F3N2O6/c1-10-9-12(3-8-15(10)23(26)27)17(25)28-11(2)16(24)22-13-4-6-14(7-5-13)29-18(19,20)21/h3-9,11H,1-2H3,(H,22,24). The molecule has 0 aliphatic rings. The molecule has 0 saturated heterocycles. The maximum Gasteiger partial charge on any atom is 0.573 e. The Balaban J connectivity index is 1.97. The summed E-state index contributed by atoms with van der Waals surface area (Å²) in [5.74, 6) is -2.04. The first kappa shape index (κ1) is 21.7. The number of esters is 1. The Bertz CT molecular complexity index is 928. The third-order valence-electron chi connectivity index (χ3n) is 3.64. The summed E-state index contributed by atoms with van der Waals surface area (Å²) < 4.78 is 45.1. The number of rotatable bonds is 6. The van der Waals surface area contributed by atoms with Crippen molar-refractivity contribution < 1.29 is 37.2 Å². The zero-order valence-electron chi connectivity index (χ0n) is 15.1. The normalized spacial score (nSPS) is 12.0. The monoisotopic (exact) mass is 412 g/mol. The summed E-state index contributed by atoms with van der Waals surface area (Å²) in [4.78, 5) is 34.5. The van der Waals surface area contributed by atoms with Crippen molar-refractivity contribution in [2.24, 2.45) is 0 Å². The van der Waals surface area contributed by atoms with Gasteiger partial charge in [0, 0.05) is 17.3 Å². The number of aryl methyl sites for hydroxylation is 1. The first-order valence-electron chi connectivity index (χ1n) is 8.09. The Kier molecular flexibility index (Phi) is 6.42. The van der Waals surface area contributed by atoms with Crippen molar-refractivity contribution in [2.45, 2.75) is 26.3 Å². The number of hydrogen-bond acceptors (Lipinski definition) is 6. The van der Waals surface area contributed by atoms with Crippen LogP contribution in [0, 0.1) is 17.0 Å². The lowest BCUT2D eigenvalue weighted by Gasteiger charge is -2.14. The highest BCUT2D eigenvalue weighted by atomic mass is 19.4. The minimum atomic E-state index is -4.83. The zero-order valence-corrected chi connectivity index (χ0v) is 15.1. The second-order valence-electron chi connectivity index (χ2n) is 5.87. The molecule has 29 heavy (non-hydrogen) atoms. The van der Waals surface area contributed by atoms with Crippen LogP contribution in [0.3, 0.4) is 0 Å². The van der Waals surface area contributed by atoms with Gasteiger partial charge in [0.15, 0.2) is 6.10 Å². The van der Waals surface area contributed by atoms with Gasteiger partial charge in [-0.15, -0.1) is 13.2 Å². The molecule has 0 spiro atoms. The van der Waals surface area contributed by atoms with E-state index in [9.17, 15) is 32.9 Å². The van der Waals surface area contributed by atoms with Crippen LogP contribution in [-0.2, 0) is 9.53 Å². The Labute approximate surface area is 162 Å². The van der Waals surface area contributed by atoms with Crippen LogP contribution in [0.1, 0.15) is 22.8 Å². The highest BCUT2D eigenvalue weighted by Gasteiger charge is 2.31. The number of amides is 1. The number of carbonyl (C=O) groups is 2.